The van der Waals surface area contributed by atoms with Gasteiger partial charge in [-0.15, -0.1) is 0 Å². The zero-order valence-corrected chi connectivity index (χ0v) is 24.4. The quantitative estimate of drug-likeness (QED) is 0.165. The van der Waals surface area contributed by atoms with Gasteiger partial charge < -0.3 is 35.6 Å². The predicted octanol–water partition coefficient (Wildman–Crippen LogP) is 0.00810. The van der Waals surface area contributed by atoms with Crippen molar-refractivity contribution in [2.75, 3.05) is 25.0 Å². The van der Waals surface area contributed by atoms with Crippen LogP contribution in [0.4, 0.5) is 10.5 Å². The van der Waals surface area contributed by atoms with Gasteiger partial charge >= 0.3 is 30.9 Å². The van der Waals surface area contributed by atoms with E-state index in [-0.39, 0.29) is 54.2 Å². The van der Waals surface area contributed by atoms with Crippen LogP contribution in [0.15, 0.2) is 61.2 Å². The van der Waals surface area contributed by atoms with E-state index in [1.807, 2.05) is 0 Å². The van der Waals surface area contributed by atoms with Crippen LogP contribution in [0.2, 0.25) is 0 Å². The standard InChI is InChI=1S/C29H28BN7O9/c1-2-36-9-10-37(27(41)26(36)40)29(44)35-22(16-5-3-7-19(11-16)33-24(38)18-13-31-15-32-14-18)25(39)34-21-12-17-6-4-8-20(28(42)43)23(17)46-30(21)45/h3-8,11,13-15,21-22,45H,2,9-10,12H2,1H3,(H,33,38)(H,34,39)(H,35,44)(H,42,43)/t21-,22?/m0/s1. The number of benzene rings is 2. The molecule has 0 saturated carbocycles. The number of carbonyl (C=O) groups excluding carboxylic acids is 5. The number of aromatic nitrogens is 2. The van der Waals surface area contributed by atoms with Crippen LogP contribution < -0.4 is 20.6 Å². The number of rotatable bonds is 8. The first-order chi connectivity index (χ1) is 22.1. The Hall–Kier alpha value is -5.84. The van der Waals surface area contributed by atoms with Gasteiger partial charge in [-0.25, -0.2) is 19.6 Å². The monoisotopic (exact) mass is 629 g/mol. The van der Waals surface area contributed by atoms with Crippen molar-refractivity contribution >= 4 is 48.4 Å². The second-order valence-corrected chi connectivity index (χ2v) is 10.4. The number of urea groups is 1. The molecule has 2 atom stereocenters. The van der Waals surface area contributed by atoms with E-state index in [2.05, 4.69) is 25.9 Å². The third-order valence-electron chi connectivity index (χ3n) is 7.44. The molecule has 1 fully saturated rings. The number of carbonyl (C=O) groups is 6. The number of carboxylic acid groups (broad SMARTS) is 1. The van der Waals surface area contributed by atoms with Crippen LogP contribution >= 0.6 is 0 Å². The summed E-state index contributed by atoms with van der Waals surface area (Å²) in [4.78, 5) is 86.2. The second-order valence-electron chi connectivity index (χ2n) is 10.4. The molecule has 1 saturated heterocycles. The van der Waals surface area contributed by atoms with Crippen molar-refractivity contribution in [3.8, 4) is 5.75 Å². The normalized spacial score (nSPS) is 16.6. The highest BCUT2D eigenvalue weighted by Crippen LogP contribution is 2.30. The number of hydrogen-bond acceptors (Lipinski definition) is 10. The molecule has 2 aromatic carbocycles. The maximum atomic E-state index is 13.8. The van der Waals surface area contributed by atoms with Gasteiger partial charge in [0.25, 0.3) is 5.91 Å². The molecule has 0 aliphatic carbocycles. The second kappa shape index (κ2) is 13.4. The molecular weight excluding hydrogens is 601 g/mol. The lowest BCUT2D eigenvalue weighted by molar-refractivity contribution is -0.153. The van der Waals surface area contributed by atoms with Gasteiger partial charge in [0.05, 0.1) is 17.1 Å². The van der Waals surface area contributed by atoms with E-state index in [0.29, 0.717) is 10.5 Å². The fraction of sp³-hybridized carbons (Fsp3) is 0.241. The molecule has 0 bridgehead atoms. The van der Waals surface area contributed by atoms with Gasteiger partial charge in [0.15, 0.2) is 0 Å². The van der Waals surface area contributed by atoms with Crippen molar-refractivity contribution in [2.24, 2.45) is 0 Å². The number of piperazine rings is 1. The highest BCUT2D eigenvalue weighted by atomic mass is 16.5. The van der Waals surface area contributed by atoms with Crippen LogP contribution in [0.5, 0.6) is 5.75 Å². The molecule has 0 spiro atoms. The third-order valence-corrected chi connectivity index (χ3v) is 7.44. The summed E-state index contributed by atoms with van der Waals surface area (Å²) in [6, 6.07) is 7.91. The van der Waals surface area contributed by atoms with Gasteiger partial charge in [0, 0.05) is 37.7 Å². The van der Waals surface area contributed by atoms with Crippen molar-refractivity contribution in [3.63, 3.8) is 0 Å². The molecule has 0 radical (unpaired) electrons. The maximum absolute atomic E-state index is 13.8. The number of aromatic carboxylic acids is 1. The topological polar surface area (TPSA) is 220 Å². The number of imide groups is 1. The number of para-hydroxylation sites is 1. The minimum absolute atomic E-state index is 0.00870. The molecule has 3 aromatic rings. The van der Waals surface area contributed by atoms with Crippen molar-refractivity contribution in [1.82, 2.24) is 30.4 Å². The van der Waals surface area contributed by atoms with Crippen molar-refractivity contribution in [1.29, 1.82) is 0 Å². The van der Waals surface area contributed by atoms with Crippen molar-refractivity contribution in [2.45, 2.75) is 25.3 Å². The molecule has 2 aliphatic heterocycles. The summed E-state index contributed by atoms with van der Waals surface area (Å²) in [7, 11) is -1.65. The van der Waals surface area contributed by atoms with E-state index in [1.165, 1.54) is 54.0 Å². The van der Waals surface area contributed by atoms with Gasteiger partial charge in [-0.05, 0) is 42.7 Å². The van der Waals surface area contributed by atoms with Crippen molar-refractivity contribution < 1.29 is 43.6 Å². The Balaban J connectivity index is 1.40. The van der Waals surface area contributed by atoms with E-state index in [9.17, 15) is 38.9 Å². The number of amides is 6. The van der Waals surface area contributed by atoms with E-state index in [1.54, 1.807) is 19.1 Å². The van der Waals surface area contributed by atoms with E-state index < -0.39 is 54.7 Å². The first-order valence-electron chi connectivity index (χ1n) is 14.1. The molecule has 17 heteroatoms. The molecule has 46 heavy (non-hydrogen) atoms. The minimum Gasteiger partial charge on any atom is -0.534 e. The number of likely N-dealkylation sites (N-methyl/N-ethyl adjacent to an activating group) is 1. The van der Waals surface area contributed by atoms with E-state index in [4.69, 9.17) is 4.65 Å². The summed E-state index contributed by atoms with van der Waals surface area (Å²) >= 11 is 0. The Morgan fingerprint density at radius 3 is 2.52 bits per heavy atom. The van der Waals surface area contributed by atoms with Crippen LogP contribution in [-0.4, -0.2) is 98.2 Å². The fourth-order valence-electron chi connectivity index (χ4n) is 5.07. The van der Waals surface area contributed by atoms with Gasteiger partial charge in [-0.1, -0.05) is 24.3 Å². The fourth-order valence-corrected chi connectivity index (χ4v) is 5.07. The van der Waals surface area contributed by atoms with Gasteiger partial charge in [-0.3, -0.25) is 24.1 Å². The molecule has 3 heterocycles. The maximum Gasteiger partial charge on any atom is 0.547 e. The van der Waals surface area contributed by atoms with Gasteiger partial charge in [0.2, 0.25) is 5.91 Å². The average molecular weight is 629 g/mol. The van der Waals surface area contributed by atoms with Crippen LogP contribution in [0.1, 0.15) is 44.8 Å². The lowest BCUT2D eigenvalue weighted by atomic mass is 9.72. The molecule has 1 aromatic heterocycles. The summed E-state index contributed by atoms with van der Waals surface area (Å²) < 4.78 is 5.47. The molecule has 6 amide bonds. The number of fused-ring (bicyclic) bond motifs is 1. The summed E-state index contributed by atoms with van der Waals surface area (Å²) in [5.74, 6) is -5.64. The van der Waals surface area contributed by atoms with Gasteiger partial charge in [-0.2, -0.15) is 0 Å². The predicted molar refractivity (Wildman–Crippen MR) is 159 cm³/mol. The summed E-state index contributed by atoms with van der Waals surface area (Å²) in [6.07, 6.45) is 3.88. The summed E-state index contributed by atoms with van der Waals surface area (Å²) in [5, 5.41) is 28.0. The summed E-state index contributed by atoms with van der Waals surface area (Å²) in [6.45, 7) is 1.98. The Morgan fingerprint density at radius 1 is 1.07 bits per heavy atom. The average Bonchev–Trinajstić information content (AvgIpc) is 3.05. The molecule has 5 N–H and O–H groups in total. The lowest BCUT2D eigenvalue weighted by Gasteiger charge is -2.33. The Kier molecular flexibility index (Phi) is 9.22. The molecule has 16 nitrogen and oxygen atoms in total. The SMILES string of the molecule is CCN1CCN(C(=O)NC(C(=O)N[C@H]2Cc3cccc(C(=O)O)c3OB2O)c2cccc(NC(=O)c3cncnc3)c2)C(=O)C1=O. The molecule has 5 rings (SSSR count). The first-order valence-corrected chi connectivity index (χ1v) is 14.1. The smallest absolute Gasteiger partial charge is 0.534 e. The minimum atomic E-state index is -1.65. The molecule has 236 valence electrons. The number of nitrogens with zero attached hydrogens (tertiary/aromatic N) is 4. The Morgan fingerprint density at radius 2 is 1.80 bits per heavy atom. The molecule has 2 aliphatic rings. The molecular formula is C29H28BN7O9. The molecule has 1 unspecified atom stereocenters. The van der Waals surface area contributed by atoms with Crippen LogP contribution in [0, 0.1) is 0 Å². The van der Waals surface area contributed by atoms with Crippen molar-refractivity contribution in [3.05, 3.63) is 83.4 Å². The number of nitrogens with one attached hydrogen (secondary N) is 3. The van der Waals surface area contributed by atoms with Crippen LogP contribution in [0.25, 0.3) is 0 Å². The lowest BCUT2D eigenvalue weighted by Crippen LogP contribution is -2.60. The van der Waals surface area contributed by atoms with Crippen LogP contribution in [-0.2, 0) is 20.8 Å². The highest BCUT2D eigenvalue weighted by molar-refractivity contribution is 6.47. The van der Waals surface area contributed by atoms with E-state index in [0.717, 1.165) is 0 Å². The number of carboxylic acids is 1. The van der Waals surface area contributed by atoms with Crippen LogP contribution in [0.3, 0.4) is 0 Å². The van der Waals surface area contributed by atoms with E-state index >= 15 is 0 Å². The largest absolute Gasteiger partial charge is 0.547 e. The number of anilines is 1. The zero-order chi connectivity index (χ0) is 33.0. The third kappa shape index (κ3) is 6.63. The first kappa shape index (κ1) is 31.6. The summed E-state index contributed by atoms with van der Waals surface area (Å²) in [5.41, 5.74) is 0.858. The number of hydrogen-bond donors (Lipinski definition) is 5. The van der Waals surface area contributed by atoms with Gasteiger partial charge in [0.1, 0.15) is 18.1 Å². The highest BCUT2D eigenvalue weighted by Gasteiger charge is 2.41. The zero-order valence-electron chi connectivity index (χ0n) is 24.4. The Bertz CT molecular complexity index is 1710. The Labute approximate surface area is 261 Å².